The molecule has 0 amide bonds. The van der Waals surface area contributed by atoms with Crippen LogP contribution in [-0.4, -0.2) is 29.6 Å². The smallest absolute Gasteiger partial charge is 0.137 e. The molecule has 0 aliphatic carbocycles. The molecule has 0 aromatic carbocycles. The minimum atomic E-state index is 0.510. The van der Waals surface area contributed by atoms with E-state index >= 15 is 0 Å². The third kappa shape index (κ3) is 3.66. The second-order valence-corrected chi connectivity index (χ2v) is 6.65. The maximum absolute atomic E-state index is 4.71. The van der Waals surface area contributed by atoms with Gasteiger partial charge in [-0.15, -0.1) is 0 Å². The molecular formula is C17H30N4. The Bertz CT molecular complexity index is 476. The van der Waals surface area contributed by atoms with Gasteiger partial charge in [0, 0.05) is 25.2 Å². The summed E-state index contributed by atoms with van der Waals surface area (Å²) in [6.07, 6.45) is 4.88. The molecule has 0 saturated carbocycles. The predicted molar refractivity (Wildman–Crippen MR) is 90.1 cm³/mol. The van der Waals surface area contributed by atoms with E-state index in [1.165, 1.54) is 24.8 Å². The van der Waals surface area contributed by atoms with Crippen molar-refractivity contribution in [3.63, 3.8) is 0 Å². The van der Waals surface area contributed by atoms with E-state index in [2.05, 4.69) is 42.9 Å². The molecular weight excluding hydrogens is 260 g/mol. The molecule has 0 unspecified atom stereocenters. The summed E-state index contributed by atoms with van der Waals surface area (Å²) in [4.78, 5) is 11.7. The average Bonchev–Trinajstić information content (AvgIpc) is 2.49. The number of anilines is 2. The number of aromatic nitrogens is 2. The van der Waals surface area contributed by atoms with Crippen molar-refractivity contribution in [2.75, 3.05) is 29.9 Å². The van der Waals surface area contributed by atoms with Gasteiger partial charge in [-0.3, -0.25) is 0 Å². The van der Waals surface area contributed by atoms with E-state index in [-0.39, 0.29) is 0 Å². The van der Waals surface area contributed by atoms with E-state index in [9.17, 15) is 0 Å². The third-order valence-electron chi connectivity index (χ3n) is 4.90. The topological polar surface area (TPSA) is 41.1 Å². The van der Waals surface area contributed by atoms with Gasteiger partial charge in [-0.25, -0.2) is 9.97 Å². The van der Waals surface area contributed by atoms with Gasteiger partial charge >= 0.3 is 0 Å². The second-order valence-electron chi connectivity index (χ2n) is 6.65. The van der Waals surface area contributed by atoms with E-state index in [1.54, 1.807) is 0 Å². The van der Waals surface area contributed by atoms with E-state index in [4.69, 9.17) is 4.98 Å². The fourth-order valence-corrected chi connectivity index (χ4v) is 2.95. The molecule has 1 N–H and O–H groups in total. The van der Waals surface area contributed by atoms with Crippen molar-refractivity contribution >= 4 is 11.6 Å². The molecule has 4 heteroatoms. The molecule has 0 atom stereocenters. The van der Waals surface area contributed by atoms with Gasteiger partial charge in [0.15, 0.2) is 0 Å². The molecule has 0 spiro atoms. The molecule has 1 aromatic rings. The van der Waals surface area contributed by atoms with Crippen LogP contribution in [0.4, 0.5) is 11.6 Å². The molecule has 4 nitrogen and oxygen atoms in total. The van der Waals surface area contributed by atoms with Crippen LogP contribution in [0.3, 0.4) is 0 Å². The molecule has 1 aromatic heterocycles. The van der Waals surface area contributed by atoms with Crippen molar-refractivity contribution in [2.24, 2.45) is 5.41 Å². The minimum Gasteiger partial charge on any atom is -0.370 e. The summed E-state index contributed by atoms with van der Waals surface area (Å²) >= 11 is 0. The van der Waals surface area contributed by atoms with Crippen LogP contribution in [-0.2, 0) is 0 Å². The zero-order valence-corrected chi connectivity index (χ0v) is 14.3. The minimum absolute atomic E-state index is 0.510. The van der Waals surface area contributed by atoms with E-state index < -0.39 is 0 Å². The lowest BCUT2D eigenvalue weighted by molar-refractivity contribution is 0.237. The summed E-state index contributed by atoms with van der Waals surface area (Å²) in [6, 6.07) is 0. The van der Waals surface area contributed by atoms with Crippen molar-refractivity contribution in [2.45, 2.75) is 60.3 Å². The van der Waals surface area contributed by atoms with Crippen molar-refractivity contribution in [1.82, 2.24) is 9.97 Å². The van der Waals surface area contributed by atoms with Crippen LogP contribution in [0.25, 0.3) is 0 Å². The number of nitrogens with zero attached hydrogens (tertiary/aromatic N) is 3. The van der Waals surface area contributed by atoms with Gasteiger partial charge in [-0.2, -0.15) is 0 Å². The van der Waals surface area contributed by atoms with E-state index in [1.807, 2.05) is 6.92 Å². The summed E-state index contributed by atoms with van der Waals surface area (Å²) in [7, 11) is 0. The van der Waals surface area contributed by atoms with Crippen LogP contribution in [0.5, 0.6) is 0 Å². The van der Waals surface area contributed by atoms with Crippen LogP contribution in [0.2, 0.25) is 0 Å². The number of nitrogens with one attached hydrogen (secondary N) is 1. The Balaban J connectivity index is 2.18. The van der Waals surface area contributed by atoms with Crippen LogP contribution in [0.15, 0.2) is 0 Å². The number of aryl methyl sites for hydroxylation is 1. The monoisotopic (exact) mass is 290 g/mol. The fourth-order valence-electron chi connectivity index (χ4n) is 2.95. The Hall–Kier alpha value is -1.32. The van der Waals surface area contributed by atoms with Crippen molar-refractivity contribution < 1.29 is 0 Å². The zero-order valence-electron chi connectivity index (χ0n) is 14.3. The maximum Gasteiger partial charge on any atom is 0.137 e. The SMILES string of the molecule is CCCNc1nc(C)nc(N2CCC(C)(CC)CC2)c1C. The Kier molecular flexibility index (Phi) is 5.07. The lowest BCUT2D eigenvalue weighted by Crippen LogP contribution is -2.39. The van der Waals surface area contributed by atoms with Crippen LogP contribution < -0.4 is 10.2 Å². The van der Waals surface area contributed by atoms with Crippen LogP contribution >= 0.6 is 0 Å². The first-order chi connectivity index (χ1) is 9.99. The Morgan fingerprint density at radius 2 is 1.81 bits per heavy atom. The maximum atomic E-state index is 4.71. The van der Waals surface area contributed by atoms with Gasteiger partial charge in [-0.1, -0.05) is 27.2 Å². The van der Waals surface area contributed by atoms with Crippen molar-refractivity contribution in [3.8, 4) is 0 Å². The molecule has 1 saturated heterocycles. The highest BCUT2D eigenvalue weighted by molar-refractivity contribution is 5.58. The van der Waals surface area contributed by atoms with Gasteiger partial charge in [0.05, 0.1) is 0 Å². The summed E-state index contributed by atoms with van der Waals surface area (Å²) in [6.45, 7) is 14.2. The Morgan fingerprint density at radius 1 is 1.14 bits per heavy atom. The second kappa shape index (κ2) is 6.63. The first kappa shape index (κ1) is 16.1. The molecule has 1 aliphatic rings. The lowest BCUT2D eigenvalue weighted by atomic mass is 9.78. The first-order valence-corrected chi connectivity index (χ1v) is 8.33. The standard InChI is InChI=1S/C17H30N4/c1-6-10-18-15-13(3)16(20-14(4)19-15)21-11-8-17(5,7-2)9-12-21/h6-12H2,1-5H3,(H,18,19,20). The van der Waals surface area contributed by atoms with Gasteiger partial charge in [0.2, 0.25) is 0 Å². The summed E-state index contributed by atoms with van der Waals surface area (Å²) in [5, 5.41) is 3.43. The normalized spacial score (nSPS) is 17.9. The van der Waals surface area contributed by atoms with Gasteiger partial charge in [0.25, 0.3) is 0 Å². The molecule has 0 radical (unpaired) electrons. The molecule has 0 bridgehead atoms. The van der Waals surface area contributed by atoms with E-state index in [0.29, 0.717) is 5.41 Å². The van der Waals surface area contributed by atoms with Crippen molar-refractivity contribution in [3.05, 3.63) is 11.4 Å². The first-order valence-electron chi connectivity index (χ1n) is 8.33. The molecule has 118 valence electrons. The summed E-state index contributed by atoms with van der Waals surface area (Å²) < 4.78 is 0. The summed E-state index contributed by atoms with van der Waals surface area (Å²) in [5.41, 5.74) is 1.70. The van der Waals surface area contributed by atoms with Crippen molar-refractivity contribution in [1.29, 1.82) is 0 Å². The number of hydrogen-bond acceptors (Lipinski definition) is 4. The number of hydrogen-bond donors (Lipinski definition) is 1. The van der Waals surface area contributed by atoms with Gasteiger partial charge in [-0.05, 0) is 38.5 Å². The average molecular weight is 290 g/mol. The molecule has 1 aliphatic heterocycles. The van der Waals surface area contributed by atoms with Crippen LogP contribution in [0.1, 0.15) is 57.8 Å². The van der Waals surface area contributed by atoms with Crippen LogP contribution in [0, 0.1) is 19.3 Å². The molecule has 2 heterocycles. The number of rotatable bonds is 5. The Morgan fingerprint density at radius 3 is 2.38 bits per heavy atom. The highest BCUT2D eigenvalue weighted by atomic mass is 15.2. The fraction of sp³-hybridized carbons (Fsp3) is 0.765. The third-order valence-corrected chi connectivity index (χ3v) is 4.90. The predicted octanol–water partition coefficient (Wildman–Crippen LogP) is 3.93. The molecule has 1 fully saturated rings. The van der Waals surface area contributed by atoms with E-state index in [0.717, 1.165) is 43.5 Å². The van der Waals surface area contributed by atoms with Gasteiger partial charge in [0.1, 0.15) is 17.5 Å². The summed E-state index contributed by atoms with van der Waals surface area (Å²) in [5.74, 6) is 2.99. The van der Waals surface area contributed by atoms with Gasteiger partial charge < -0.3 is 10.2 Å². The number of piperidine rings is 1. The zero-order chi connectivity index (χ0) is 15.5. The highest BCUT2D eigenvalue weighted by Gasteiger charge is 2.29. The molecule has 21 heavy (non-hydrogen) atoms. The Labute approximate surface area is 129 Å². The highest BCUT2D eigenvalue weighted by Crippen LogP contribution is 2.36. The lowest BCUT2D eigenvalue weighted by Gasteiger charge is -2.40. The quantitative estimate of drug-likeness (QED) is 0.892. The molecule has 2 rings (SSSR count). The largest absolute Gasteiger partial charge is 0.370 e.